The predicted molar refractivity (Wildman–Crippen MR) is 89.4 cm³/mol. The molecule has 0 amide bonds. The Hall–Kier alpha value is -0.980. The third-order valence-corrected chi connectivity index (χ3v) is 6.08. The highest BCUT2D eigenvalue weighted by Crippen LogP contribution is 2.38. The van der Waals surface area contributed by atoms with Gasteiger partial charge in [-0.05, 0) is 37.7 Å². The first-order valence-corrected chi connectivity index (χ1v) is 9.15. The molecule has 4 nitrogen and oxygen atoms in total. The van der Waals surface area contributed by atoms with Gasteiger partial charge in [-0.2, -0.15) is 16.9 Å². The van der Waals surface area contributed by atoms with Crippen molar-refractivity contribution in [2.24, 2.45) is 5.73 Å². The van der Waals surface area contributed by atoms with E-state index in [0.717, 1.165) is 23.6 Å². The van der Waals surface area contributed by atoms with Crippen molar-refractivity contribution < 1.29 is 4.74 Å². The summed E-state index contributed by atoms with van der Waals surface area (Å²) in [5.74, 6) is 3.10. The monoisotopic (exact) mass is 323 g/mol. The molecule has 2 N–H and O–H groups in total. The highest BCUT2D eigenvalue weighted by Gasteiger charge is 2.25. The van der Waals surface area contributed by atoms with Crippen LogP contribution in [0.5, 0.6) is 5.75 Å². The van der Waals surface area contributed by atoms with Crippen LogP contribution in [0.4, 0.5) is 0 Å². The van der Waals surface area contributed by atoms with Crippen molar-refractivity contribution in [2.45, 2.75) is 38.1 Å². The fraction of sp³-hybridized carbons (Fsp3) is 0.533. The van der Waals surface area contributed by atoms with Gasteiger partial charge in [0.05, 0.1) is 19.3 Å². The smallest absolute Gasteiger partial charge is 0.161 e. The minimum Gasteiger partial charge on any atom is -0.493 e. The van der Waals surface area contributed by atoms with Crippen molar-refractivity contribution in [2.75, 3.05) is 12.9 Å². The first-order chi connectivity index (χ1) is 10.1. The number of fused-ring (bicyclic) bond motifs is 1. The number of methoxy groups -OCH3 is 1. The van der Waals surface area contributed by atoms with Crippen molar-refractivity contribution in [1.29, 1.82) is 0 Å². The van der Waals surface area contributed by atoms with Crippen LogP contribution in [0.3, 0.4) is 0 Å². The maximum atomic E-state index is 6.55. The van der Waals surface area contributed by atoms with E-state index < -0.39 is 0 Å². The van der Waals surface area contributed by atoms with E-state index in [2.05, 4.69) is 25.0 Å². The van der Waals surface area contributed by atoms with Crippen LogP contribution >= 0.6 is 23.1 Å². The second-order valence-corrected chi connectivity index (χ2v) is 7.79. The van der Waals surface area contributed by atoms with Gasteiger partial charge in [0.2, 0.25) is 0 Å². The van der Waals surface area contributed by atoms with Crippen molar-refractivity contribution >= 4 is 23.1 Å². The Morgan fingerprint density at radius 1 is 1.43 bits per heavy atom. The summed E-state index contributed by atoms with van der Waals surface area (Å²) in [6.45, 7) is 4.22. The first kappa shape index (κ1) is 14.9. The topological polar surface area (TPSA) is 53.1 Å². The van der Waals surface area contributed by atoms with Crippen LogP contribution in [-0.4, -0.2) is 22.6 Å². The van der Waals surface area contributed by atoms with E-state index in [1.165, 1.54) is 21.1 Å². The molecule has 1 aliphatic heterocycles. The summed E-state index contributed by atoms with van der Waals surface area (Å²) in [5, 5.41) is 4.43. The summed E-state index contributed by atoms with van der Waals surface area (Å²) in [6, 6.07) is 2.36. The lowest BCUT2D eigenvalue weighted by molar-refractivity contribution is 0.401. The number of thiophene rings is 1. The summed E-state index contributed by atoms with van der Waals surface area (Å²) >= 11 is 3.85. The molecule has 0 spiro atoms. The Labute approximate surface area is 133 Å². The summed E-state index contributed by atoms with van der Waals surface area (Å²) in [7, 11) is 1.67. The Morgan fingerprint density at radius 2 is 2.24 bits per heavy atom. The Morgan fingerprint density at radius 3 is 2.90 bits per heavy atom. The first-order valence-electron chi connectivity index (χ1n) is 7.18. The molecular formula is C15H21N3OS2. The zero-order chi connectivity index (χ0) is 15.0. The Kier molecular flexibility index (Phi) is 4.28. The molecule has 2 aromatic heterocycles. The van der Waals surface area contributed by atoms with E-state index in [0.29, 0.717) is 0 Å². The van der Waals surface area contributed by atoms with Gasteiger partial charge in [0.25, 0.3) is 0 Å². The van der Waals surface area contributed by atoms with Gasteiger partial charge >= 0.3 is 0 Å². The molecule has 0 saturated heterocycles. The summed E-state index contributed by atoms with van der Waals surface area (Å²) in [6.07, 6.45) is 2.93. The SMILES string of the molecule is COc1cnn(C(C)C)c1C(N)c1cc2c(s1)CCSC2. The Bertz CT molecular complexity index is 609. The number of aryl methyl sites for hydroxylation is 1. The van der Waals surface area contributed by atoms with Gasteiger partial charge in [0.15, 0.2) is 5.75 Å². The molecule has 0 radical (unpaired) electrons. The largest absolute Gasteiger partial charge is 0.493 e. The molecule has 0 aliphatic carbocycles. The molecule has 114 valence electrons. The zero-order valence-electron chi connectivity index (χ0n) is 12.6. The predicted octanol–water partition coefficient (Wildman–Crippen LogP) is 3.37. The van der Waals surface area contributed by atoms with E-state index in [1.807, 2.05) is 27.8 Å². The van der Waals surface area contributed by atoms with Crippen LogP contribution < -0.4 is 10.5 Å². The van der Waals surface area contributed by atoms with E-state index >= 15 is 0 Å². The number of nitrogens with zero attached hydrogens (tertiary/aromatic N) is 2. The van der Waals surface area contributed by atoms with Gasteiger partial charge in [-0.25, -0.2) is 0 Å². The van der Waals surface area contributed by atoms with Gasteiger partial charge in [-0.15, -0.1) is 11.3 Å². The van der Waals surface area contributed by atoms with E-state index in [4.69, 9.17) is 10.5 Å². The number of thioether (sulfide) groups is 1. The average Bonchev–Trinajstić information content (AvgIpc) is 3.09. The lowest BCUT2D eigenvalue weighted by Gasteiger charge is -2.17. The number of ether oxygens (including phenoxy) is 1. The van der Waals surface area contributed by atoms with Gasteiger partial charge in [-0.1, -0.05) is 0 Å². The maximum Gasteiger partial charge on any atom is 0.161 e. The third-order valence-electron chi connectivity index (χ3n) is 3.76. The number of nitrogens with two attached hydrogens (primary N) is 1. The number of rotatable bonds is 4. The molecule has 2 aromatic rings. The second-order valence-electron chi connectivity index (χ2n) is 5.51. The number of hydrogen-bond acceptors (Lipinski definition) is 5. The minimum absolute atomic E-state index is 0.176. The van der Waals surface area contributed by atoms with Crippen molar-refractivity contribution in [3.8, 4) is 5.75 Å². The van der Waals surface area contributed by atoms with Gasteiger partial charge in [0.1, 0.15) is 5.69 Å². The summed E-state index contributed by atoms with van der Waals surface area (Å²) < 4.78 is 7.43. The minimum atomic E-state index is -0.176. The lowest BCUT2D eigenvalue weighted by atomic mass is 10.1. The van der Waals surface area contributed by atoms with Gasteiger partial charge < -0.3 is 10.5 Å². The van der Waals surface area contributed by atoms with E-state index in [1.54, 1.807) is 13.3 Å². The Balaban J connectivity index is 1.99. The second kappa shape index (κ2) is 6.02. The normalized spacial score (nSPS) is 16.0. The molecule has 0 bridgehead atoms. The van der Waals surface area contributed by atoms with Crippen molar-refractivity contribution in [3.05, 3.63) is 33.3 Å². The molecule has 1 aliphatic rings. The van der Waals surface area contributed by atoms with Crippen LogP contribution in [0, 0.1) is 0 Å². The molecule has 0 fully saturated rings. The quantitative estimate of drug-likeness (QED) is 0.937. The van der Waals surface area contributed by atoms with Crippen molar-refractivity contribution in [1.82, 2.24) is 9.78 Å². The number of aromatic nitrogens is 2. The molecule has 3 heterocycles. The summed E-state index contributed by atoms with van der Waals surface area (Å²) in [5.41, 5.74) is 8.98. The van der Waals surface area contributed by atoms with Crippen LogP contribution in [0.2, 0.25) is 0 Å². The summed E-state index contributed by atoms with van der Waals surface area (Å²) in [4.78, 5) is 2.71. The van der Waals surface area contributed by atoms with Crippen LogP contribution in [0.1, 0.15) is 46.9 Å². The van der Waals surface area contributed by atoms with Gasteiger partial charge in [-0.3, -0.25) is 4.68 Å². The van der Waals surface area contributed by atoms with E-state index in [-0.39, 0.29) is 12.1 Å². The molecule has 21 heavy (non-hydrogen) atoms. The van der Waals surface area contributed by atoms with Crippen LogP contribution in [-0.2, 0) is 12.2 Å². The maximum absolute atomic E-state index is 6.55. The molecule has 6 heteroatoms. The molecule has 1 atom stereocenters. The molecule has 0 saturated carbocycles. The third kappa shape index (κ3) is 2.72. The van der Waals surface area contributed by atoms with Crippen molar-refractivity contribution in [3.63, 3.8) is 0 Å². The zero-order valence-corrected chi connectivity index (χ0v) is 14.3. The molecule has 0 aromatic carbocycles. The fourth-order valence-electron chi connectivity index (χ4n) is 2.68. The average molecular weight is 323 g/mol. The van der Waals surface area contributed by atoms with Crippen LogP contribution in [0.15, 0.2) is 12.3 Å². The van der Waals surface area contributed by atoms with Gasteiger partial charge in [0, 0.05) is 21.5 Å². The highest BCUT2D eigenvalue weighted by atomic mass is 32.2. The molecule has 3 rings (SSSR count). The molecular weight excluding hydrogens is 302 g/mol. The van der Waals surface area contributed by atoms with E-state index in [9.17, 15) is 0 Å². The highest BCUT2D eigenvalue weighted by molar-refractivity contribution is 7.98. The van der Waals surface area contributed by atoms with Crippen LogP contribution in [0.25, 0.3) is 0 Å². The molecule has 1 unspecified atom stereocenters. The fourth-order valence-corrected chi connectivity index (χ4v) is 5.06. The number of hydrogen-bond donors (Lipinski definition) is 1. The lowest BCUT2D eigenvalue weighted by Crippen LogP contribution is -2.18. The standard InChI is InChI=1S/C15H21N3OS2/c1-9(2)18-15(11(19-3)7-17-18)14(16)13-6-10-8-20-5-4-12(10)21-13/h6-7,9,14H,4-5,8,16H2,1-3H3.